The number of ether oxygens (including phenoxy) is 2. The highest BCUT2D eigenvalue weighted by atomic mass is 33.1. The van der Waals surface area contributed by atoms with Crippen molar-refractivity contribution < 1.29 is 9.47 Å². The molecular weight excluding hydrogens is 244 g/mol. The monoisotopic (exact) mass is 264 g/mol. The van der Waals surface area contributed by atoms with Crippen molar-refractivity contribution in [3.8, 4) is 0 Å². The van der Waals surface area contributed by atoms with E-state index in [0.717, 1.165) is 13.2 Å². The number of hydrogen-bond donors (Lipinski definition) is 0. The maximum absolute atomic E-state index is 5.48. The fourth-order valence-electron chi connectivity index (χ4n) is 1.58. The quantitative estimate of drug-likeness (QED) is 0.573. The van der Waals surface area contributed by atoms with Crippen LogP contribution in [0.15, 0.2) is 0 Å². The van der Waals surface area contributed by atoms with Crippen molar-refractivity contribution in [2.45, 2.75) is 38.8 Å². The second kappa shape index (κ2) is 4.66. The van der Waals surface area contributed by atoms with Crippen molar-refractivity contribution in [2.75, 3.05) is 26.7 Å². The Labute approximate surface area is 106 Å². The molecule has 0 aromatic carbocycles. The van der Waals surface area contributed by atoms with E-state index in [1.807, 2.05) is 0 Å². The van der Waals surface area contributed by atoms with Crippen LogP contribution < -0.4 is 0 Å². The lowest BCUT2D eigenvalue weighted by Gasteiger charge is -2.31. The van der Waals surface area contributed by atoms with Gasteiger partial charge in [-0.25, -0.2) is 8.61 Å². The molecule has 0 aromatic heterocycles. The van der Waals surface area contributed by atoms with E-state index in [-0.39, 0.29) is 11.1 Å². The lowest BCUT2D eigenvalue weighted by Crippen LogP contribution is -2.37. The van der Waals surface area contributed by atoms with Crippen molar-refractivity contribution in [3.05, 3.63) is 0 Å². The van der Waals surface area contributed by atoms with Crippen LogP contribution in [0.1, 0.15) is 27.7 Å². The topological polar surface area (TPSA) is 24.9 Å². The summed E-state index contributed by atoms with van der Waals surface area (Å²) in [6, 6.07) is 0. The largest absolute Gasteiger partial charge is 0.363 e. The van der Waals surface area contributed by atoms with E-state index in [9.17, 15) is 0 Å². The van der Waals surface area contributed by atoms with Gasteiger partial charge in [-0.05, 0) is 27.7 Å². The molecule has 4 nitrogen and oxygen atoms in total. The molecule has 0 N–H and O–H groups in total. The summed E-state index contributed by atoms with van der Waals surface area (Å²) in [6.07, 6.45) is 0. The van der Waals surface area contributed by atoms with E-state index < -0.39 is 0 Å². The van der Waals surface area contributed by atoms with Gasteiger partial charge in [-0.1, -0.05) is 0 Å². The highest BCUT2D eigenvalue weighted by molar-refractivity contribution is 8.74. The molecule has 94 valence electrons. The van der Waals surface area contributed by atoms with Gasteiger partial charge in [0.05, 0.1) is 24.3 Å². The van der Waals surface area contributed by atoms with Gasteiger partial charge in [0.2, 0.25) is 0 Å². The molecule has 0 radical (unpaired) electrons. The predicted octanol–water partition coefficient (Wildman–Crippen LogP) is 2.33. The Bertz CT molecular complexity index is 235. The molecule has 2 aliphatic rings. The maximum Gasteiger partial charge on any atom is 0.110 e. The zero-order valence-corrected chi connectivity index (χ0v) is 12.0. The molecule has 0 spiro atoms. The minimum atomic E-state index is 0.127. The fourth-order valence-corrected chi connectivity index (χ4v) is 4.43. The van der Waals surface area contributed by atoms with Crippen molar-refractivity contribution in [1.82, 2.24) is 8.61 Å². The third kappa shape index (κ3) is 2.68. The highest BCUT2D eigenvalue weighted by Crippen LogP contribution is 2.42. The molecule has 0 aliphatic carbocycles. The molecular formula is C10H20N2O2S2. The minimum Gasteiger partial charge on any atom is -0.363 e. The van der Waals surface area contributed by atoms with Crippen LogP contribution in [0, 0.1) is 0 Å². The Hall–Kier alpha value is 0.540. The first-order valence-electron chi connectivity index (χ1n) is 5.47. The lowest BCUT2D eigenvalue weighted by molar-refractivity contribution is 0.173. The van der Waals surface area contributed by atoms with Crippen molar-refractivity contribution in [1.29, 1.82) is 0 Å². The van der Waals surface area contributed by atoms with Crippen LogP contribution in [0.3, 0.4) is 0 Å². The van der Waals surface area contributed by atoms with E-state index in [1.54, 1.807) is 22.0 Å². The lowest BCUT2D eigenvalue weighted by atomic mass is 10.1. The van der Waals surface area contributed by atoms with Crippen molar-refractivity contribution >= 4 is 22.0 Å². The minimum absolute atomic E-state index is 0.127. The Morgan fingerprint density at radius 3 is 1.44 bits per heavy atom. The third-order valence-electron chi connectivity index (χ3n) is 2.89. The summed E-state index contributed by atoms with van der Waals surface area (Å²) >= 11 is 0. The van der Waals surface area contributed by atoms with Crippen molar-refractivity contribution in [2.24, 2.45) is 0 Å². The van der Waals surface area contributed by atoms with Crippen LogP contribution in [-0.4, -0.2) is 46.4 Å². The summed E-state index contributed by atoms with van der Waals surface area (Å²) in [4.78, 5) is 0. The van der Waals surface area contributed by atoms with E-state index in [2.05, 4.69) is 36.3 Å². The average molecular weight is 264 g/mol. The van der Waals surface area contributed by atoms with Gasteiger partial charge in [0.15, 0.2) is 0 Å². The van der Waals surface area contributed by atoms with Crippen molar-refractivity contribution in [3.63, 3.8) is 0 Å². The van der Waals surface area contributed by atoms with Gasteiger partial charge < -0.3 is 9.47 Å². The van der Waals surface area contributed by atoms with Crippen LogP contribution in [0.2, 0.25) is 0 Å². The molecule has 0 amide bonds. The molecule has 2 saturated heterocycles. The Morgan fingerprint density at radius 2 is 1.19 bits per heavy atom. The SMILES string of the molecule is CC1(C)COCN1SSN1COCC1(C)C. The van der Waals surface area contributed by atoms with Gasteiger partial charge in [-0.2, -0.15) is 0 Å². The zero-order valence-electron chi connectivity index (χ0n) is 10.4. The Balaban J connectivity index is 1.83. The summed E-state index contributed by atoms with van der Waals surface area (Å²) in [6.45, 7) is 11.9. The Morgan fingerprint density at radius 1 is 0.812 bits per heavy atom. The van der Waals surface area contributed by atoms with E-state index in [0.29, 0.717) is 13.5 Å². The second-order valence-electron chi connectivity index (χ2n) is 5.49. The van der Waals surface area contributed by atoms with Crippen LogP contribution in [0.4, 0.5) is 0 Å². The van der Waals surface area contributed by atoms with Gasteiger partial charge in [-0.15, -0.1) is 0 Å². The smallest absolute Gasteiger partial charge is 0.110 e. The van der Waals surface area contributed by atoms with Crippen LogP contribution in [-0.2, 0) is 9.47 Å². The number of rotatable bonds is 3. The maximum atomic E-state index is 5.48. The van der Waals surface area contributed by atoms with Gasteiger partial charge in [0.1, 0.15) is 13.5 Å². The number of hydrogen-bond acceptors (Lipinski definition) is 6. The summed E-state index contributed by atoms with van der Waals surface area (Å²) in [5.41, 5.74) is 0.255. The molecule has 2 fully saturated rings. The van der Waals surface area contributed by atoms with Crippen LogP contribution in [0.25, 0.3) is 0 Å². The van der Waals surface area contributed by atoms with E-state index in [1.165, 1.54) is 0 Å². The molecule has 0 unspecified atom stereocenters. The van der Waals surface area contributed by atoms with Crippen LogP contribution in [0.5, 0.6) is 0 Å². The summed E-state index contributed by atoms with van der Waals surface area (Å²) < 4.78 is 15.5. The second-order valence-corrected chi connectivity index (χ2v) is 7.56. The first kappa shape index (κ1) is 13.0. The highest BCUT2D eigenvalue weighted by Gasteiger charge is 2.38. The molecule has 6 heteroatoms. The normalized spacial score (nSPS) is 30.0. The molecule has 16 heavy (non-hydrogen) atoms. The molecule has 0 bridgehead atoms. The van der Waals surface area contributed by atoms with E-state index >= 15 is 0 Å². The molecule has 2 aliphatic heterocycles. The van der Waals surface area contributed by atoms with E-state index in [4.69, 9.17) is 9.47 Å². The van der Waals surface area contributed by atoms with Gasteiger partial charge in [0.25, 0.3) is 0 Å². The first-order chi connectivity index (χ1) is 7.42. The van der Waals surface area contributed by atoms with Gasteiger partial charge >= 0.3 is 0 Å². The molecule has 0 atom stereocenters. The first-order valence-corrected chi connectivity index (χ1v) is 7.54. The molecule has 2 rings (SSSR count). The molecule has 0 saturated carbocycles. The molecule has 0 aromatic rings. The summed E-state index contributed by atoms with van der Waals surface area (Å²) in [7, 11) is 3.52. The number of nitrogens with zero attached hydrogens (tertiary/aromatic N) is 2. The predicted molar refractivity (Wildman–Crippen MR) is 68.7 cm³/mol. The third-order valence-corrected chi connectivity index (χ3v) is 5.80. The fraction of sp³-hybridized carbons (Fsp3) is 1.00. The Kier molecular flexibility index (Phi) is 3.78. The van der Waals surface area contributed by atoms with Gasteiger partial charge in [0, 0.05) is 22.0 Å². The summed E-state index contributed by atoms with van der Waals surface area (Å²) in [5.74, 6) is 0. The molecule has 2 heterocycles. The van der Waals surface area contributed by atoms with Gasteiger partial charge in [-0.3, -0.25) is 0 Å². The average Bonchev–Trinajstić information content (AvgIpc) is 2.66. The standard InChI is InChI=1S/C10H20N2O2S2/c1-9(2)5-13-7-11(9)15-16-12-8-14-6-10(12,3)4/h5-8H2,1-4H3. The zero-order chi connectivity index (χ0) is 11.8. The van der Waals surface area contributed by atoms with Crippen LogP contribution >= 0.6 is 22.0 Å². The summed E-state index contributed by atoms with van der Waals surface area (Å²) in [5, 5.41) is 0.